The van der Waals surface area contributed by atoms with E-state index < -0.39 is 0 Å². The highest BCUT2D eigenvalue weighted by Crippen LogP contribution is 2.20. The highest BCUT2D eigenvalue weighted by atomic mass is 16.5. The van der Waals surface area contributed by atoms with Gasteiger partial charge in [0, 0.05) is 26.2 Å². The highest BCUT2D eigenvalue weighted by Gasteiger charge is 2.27. The van der Waals surface area contributed by atoms with Crippen molar-refractivity contribution in [2.45, 2.75) is 33.2 Å². The predicted molar refractivity (Wildman–Crippen MR) is 90.5 cm³/mol. The monoisotopic (exact) mass is 328 g/mol. The Morgan fingerprint density at radius 3 is 2.42 bits per heavy atom. The van der Waals surface area contributed by atoms with Gasteiger partial charge in [-0.05, 0) is 26.3 Å². The average Bonchev–Trinajstić information content (AvgIpc) is 3.03. The third-order valence-corrected chi connectivity index (χ3v) is 4.59. The van der Waals surface area contributed by atoms with Crippen LogP contribution in [0.25, 0.3) is 0 Å². The molecular weight excluding hydrogens is 304 g/mol. The Hall–Kier alpha value is -2.21. The van der Waals surface area contributed by atoms with Crippen molar-refractivity contribution >= 4 is 5.91 Å². The van der Waals surface area contributed by atoms with Crippen LogP contribution in [0.2, 0.25) is 0 Å². The minimum atomic E-state index is 0.0838. The Labute approximate surface area is 142 Å². The van der Waals surface area contributed by atoms with Gasteiger partial charge in [0.2, 0.25) is 11.8 Å². The topological polar surface area (TPSA) is 62.5 Å². The fourth-order valence-corrected chi connectivity index (χ4v) is 2.99. The second kappa shape index (κ2) is 7.13. The molecule has 0 bridgehead atoms. The van der Waals surface area contributed by atoms with E-state index in [1.54, 1.807) is 0 Å². The molecule has 1 atom stereocenters. The molecule has 0 N–H and O–H groups in total. The Bertz CT molecular complexity index is 687. The lowest BCUT2D eigenvalue weighted by atomic mass is 10.1. The van der Waals surface area contributed by atoms with Crippen LogP contribution in [0.1, 0.15) is 35.8 Å². The van der Waals surface area contributed by atoms with Crippen LogP contribution < -0.4 is 0 Å². The number of nitrogens with zero attached hydrogens (tertiary/aromatic N) is 4. The first-order chi connectivity index (χ1) is 11.5. The molecule has 3 rings (SSSR count). The lowest BCUT2D eigenvalue weighted by Gasteiger charge is -2.36. The number of hydrogen-bond acceptors (Lipinski definition) is 5. The minimum absolute atomic E-state index is 0.0838. The van der Waals surface area contributed by atoms with Gasteiger partial charge in [-0.3, -0.25) is 9.69 Å². The lowest BCUT2D eigenvalue weighted by Crippen LogP contribution is -2.49. The maximum absolute atomic E-state index is 12.5. The number of aryl methyl sites for hydroxylation is 2. The largest absolute Gasteiger partial charge is 0.340 e. The number of piperazine rings is 1. The van der Waals surface area contributed by atoms with E-state index in [1.807, 2.05) is 24.0 Å². The molecule has 0 radical (unpaired) electrons. The molecule has 1 aromatic heterocycles. The molecule has 1 saturated heterocycles. The molecule has 2 heterocycles. The first kappa shape index (κ1) is 16.6. The van der Waals surface area contributed by atoms with Crippen molar-refractivity contribution in [2.24, 2.45) is 0 Å². The number of carbonyl (C=O) groups excluding carboxylic acids is 1. The van der Waals surface area contributed by atoms with Crippen LogP contribution in [0.5, 0.6) is 0 Å². The third-order valence-electron chi connectivity index (χ3n) is 4.59. The van der Waals surface area contributed by atoms with Gasteiger partial charge in [0.25, 0.3) is 0 Å². The summed E-state index contributed by atoms with van der Waals surface area (Å²) in [5.74, 6) is 1.50. The van der Waals surface area contributed by atoms with Crippen molar-refractivity contribution in [1.82, 2.24) is 19.9 Å². The maximum atomic E-state index is 12.5. The molecule has 0 saturated carbocycles. The quantitative estimate of drug-likeness (QED) is 0.860. The van der Waals surface area contributed by atoms with E-state index in [0.717, 1.165) is 31.7 Å². The zero-order chi connectivity index (χ0) is 17.1. The molecule has 0 unspecified atom stereocenters. The zero-order valence-corrected chi connectivity index (χ0v) is 14.5. The summed E-state index contributed by atoms with van der Waals surface area (Å²) in [5.41, 5.74) is 2.28. The van der Waals surface area contributed by atoms with Gasteiger partial charge < -0.3 is 9.42 Å². The van der Waals surface area contributed by atoms with Crippen molar-refractivity contribution < 1.29 is 9.32 Å². The zero-order valence-electron chi connectivity index (χ0n) is 14.5. The van der Waals surface area contributed by atoms with Crippen LogP contribution in [-0.4, -0.2) is 52.0 Å². The standard InChI is InChI=1S/C18H24N4O2/c1-13-4-6-16(7-5-13)12-17(23)22-10-8-21(9-11-22)14(2)18-19-15(3)20-24-18/h4-7,14H,8-12H2,1-3H3/t14-/m1/s1. The van der Waals surface area contributed by atoms with Crippen molar-refractivity contribution in [3.8, 4) is 0 Å². The number of hydrogen-bond donors (Lipinski definition) is 0. The number of amides is 1. The Morgan fingerprint density at radius 2 is 1.83 bits per heavy atom. The van der Waals surface area contributed by atoms with E-state index in [0.29, 0.717) is 18.1 Å². The molecule has 6 heteroatoms. The number of aromatic nitrogens is 2. The van der Waals surface area contributed by atoms with E-state index in [4.69, 9.17) is 4.52 Å². The molecule has 128 valence electrons. The number of benzene rings is 1. The predicted octanol–water partition coefficient (Wildman–Crippen LogP) is 2.13. The second-order valence-corrected chi connectivity index (χ2v) is 6.43. The van der Waals surface area contributed by atoms with Crippen LogP contribution in [0.15, 0.2) is 28.8 Å². The fraction of sp³-hybridized carbons (Fsp3) is 0.500. The van der Waals surface area contributed by atoms with Crippen molar-refractivity contribution in [2.75, 3.05) is 26.2 Å². The molecule has 6 nitrogen and oxygen atoms in total. The van der Waals surface area contributed by atoms with Crippen LogP contribution in [0, 0.1) is 13.8 Å². The average molecular weight is 328 g/mol. The van der Waals surface area contributed by atoms with Crippen molar-refractivity contribution in [1.29, 1.82) is 0 Å². The van der Waals surface area contributed by atoms with Gasteiger partial charge in [0.1, 0.15) is 0 Å². The number of carbonyl (C=O) groups is 1. The maximum Gasteiger partial charge on any atom is 0.243 e. The van der Waals surface area contributed by atoms with Gasteiger partial charge >= 0.3 is 0 Å². The molecule has 24 heavy (non-hydrogen) atoms. The van der Waals surface area contributed by atoms with E-state index in [9.17, 15) is 4.79 Å². The first-order valence-electron chi connectivity index (χ1n) is 8.40. The molecule has 1 amide bonds. The summed E-state index contributed by atoms with van der Waals surface area (Å²) in [5, 5.41) is 3.85. The van der Waals surface area contributed by atoms with Gasteiger partial charge in [0.05, 0.1) is 12.5 Å². The fourth-order valence-electron chi connectivity index (χ4n) is 2.99. The van der Waals surface area contributed by atoms with Crippen LogP contribution in [-0.2, 0) is 11.2 Å². The van der Waals surface area contributed by atoms with Crippen LogP contribution in [0.3, 0.4) is 0 Å². The van der Waals surface area contributed by atoms with Gasteiger partial charge in [0.15, 0.2) is 5.82 Å². The van der Waals surface area contributed by atoms with Gasteiger partial charge in [-0.25, -0.2) is 0 Å². The molecule has 2 aromatic rings. The first-order valence-corrected chi connectivity index (χ1v) is 8.40. The summed E-state index contributed by atoms with van der Waals surface area (Å²) in [4.78, 5) is 21.0. The molecule has 1 aromatic carbocycles. The van der Waals surface area contributed by atoms with E-state index in [2.05, 4.69) is 41.0 Å². The summed E-state index contributed by atoms with van der Waals surface area (Å²) in [6.07, 6.45) is 0.471. The van der Waals surface area contributed by atoms with E-state index >= 15 is 0 Å². The third kappa shape index (κ3) is 3.82. The van der Waals surface area contributed by atoms with Gasteiger partial charge in [-0.1, -0.05) is 35.0 Å². The Balaban J connectivity index is 1.52. The molecule has 1 aliphatic heterocycles. The summed E-state index contributed by atoms with van der Waals surface area (Å²) < 4.78 is 5.26. The van der Waals surface area contributed by atoms with E-state index in [1.165, 1.54) is 5.56 Å². The Morgan fingerprint density at radius 1 is 1.17 bits per heavy atom. The normalized spacial score (nSPS) is 17.0. The number of rotatable bonds is 4. The molecule has 0 aliphatic carbocycles. The molecule has 0 spiro atoms. The van der Waals surface area contributed by atoms with Crippen molar-refractivity contribution in [3.05, 3.63) is 47.1 Å². The van der Waals surface area contributed by atoms with Crippen molar-refractivity contribution in [3.63, 3.8) is 0 Å². The van der Waals surface area contributed by atoms with Gasteiger partial charge in [-0.15, -0.1) is 0 Å². The summed E-state index contributed by atoms with van der Waals surface area (Å²) >= 11 is 0. The molecule has 1 aliphatic rings. The smallest absolute Gasteiger partial charge is 0.243 e. The Kier molecular flexibility index (Phi) is 4.94. The highest BCUT2D eigenvalue weighted by molar-refractivity contribution is 5.78. The molecule has 1 fully saturated rings. The van der Waals surface area contributed by atoms with E-state index in [-0.39, 0.29) is 11.9 Å². The lowest BCUT2D eigenvalue weighted by molar-refractivity contribution is -0.132. The SMILES string of the molecule is Cc1ccc(CC(=O)N2CCN([C@H](C)c3nc(C)no3)CC2)cc1. The summed E-state index contributed by atoms with van der Waals surface area (Å²) in [6, 6.07) is 8.25. The summed E-state index contributed by atoms with van der Waals surface area (Å²) in [7, 11) is 0. The van der Waals surface area contributed by atoms with Crippen LogP contribution >= 0.6 is 0 Å². The molecular formula is C18H24N4O2. The van der Waals surface area contributed by atoms with Gasteiger partial charge in [-0.2, -0.15) is 4.98 Å². The second-order valence-electron chi connectivity index (χ2n) is 6.43. The van der Waals surface area contributed by atoms with Crippen LogP contribution in [0.4, 0.5) is 0 Å². The summed E-state index contributed by atoms with van der Waals surface area (Å²) in [6.45, 7) is 9.06. The minimum Gasteiger partial charge on any atom is -0.340 e.